The van der Waals surface area contributed by atoms with Gasteiger partial charge < -0.3 is 14.2 Å². The molecule has 0 spiro atoms. The van der Waals surface area contributed by atoms with E-state index in [0.717, 1.165) is 6.42 Å². The zero-order chi connectivity index (χ0) is 11.5. The Bertz CT molecular complexity index is 322. The van der Waals surface area contributed by atoms with Crippen molar-refractivity contribution in [3.05, 3.63) is 12.2 Å². The van der Waals surface area contributed by atoms with Crippen molar-refractivity contribution >= 4 is 11.9 Å². The number of carbonyl (C=O) groups is 2. The summed E-state index contributed by atoms with van der Waals surface area (Å²) in [7, 11) is 1.36. The van der Waals surface area contributed by atoms with Gasteiger partial charge in [0.25, 0.3) is 0 Å². The molecule has 1 fully saturated rings. The molecule has 0 aromatic heterocycles. The zero-order valence-electron chi connectivity index (χ0n) is 9.05. The minimum absolute atomic E-state index is 0.143. The molecule has 0 aliphatic carbocycles. The third kappa shape index (κ3) is 2.41. The Morgan fingerprint density at radius 3 is 3.12 bits per heavy atom. The summed E-state index contributed by atoms with van der Waals surface area (Å²) in [6.07, 6.45) is 4.17. The van der Waals surface area contributed by atoms with E-state index in [1.165, 1.54) is 13.2 Å². The largest absolute Gasteiger partial charge is 0.469 e. The number of fused-ring (bicyclic) bond motifs is 1. The van der Waals surface area contributed by atoms with E-state index in [-0.39, 0.29) is 36.7 Å². The van der Waals surface area contributed by atoms with E-state index in [9.17, 15) is 9.59 Å². The van der Waals surface area contributed by atoms with Crippen LogP contribution < -0.4 is 0 Å². The molecule has 0 aromatic rings. The van der Waals surface area contributed by atoms with E-state index < -0.39 is 0 Å². The first-order valence-electron chi connectivity index (χ1n) is 5.30. The van der Waals surface area contributed by atoms with Crippen LogP contribution in [0.2, 0.25) is 0 Å². The highest BCUT2D eigenvalue weighted by atomic mass is 16.6. The molecule has 2 rings (SSSR count). The first-order chi connectivity index (χ1) is 7.69. The van der Waals surface area contributed by atoms with Gasteiger partial charge in [0.2, 0.25) is 0 Å². The quantitative estimate of drug-likeness (QED) is 0.644. The molecule has 0 saturated carbocycles. The number of hydrogen-bond donors (Lipinski definition) is 0. The average Bonchev–Trinajstić information content (AvgIpc) is 2.29. The van der Waals surface area contributed by atoms with E-state index in [1.807, 2.05) is 0 Å². The van der Waals surface area contributed by atoms with Gasteiger partial charge in [-0.15, -0.1) is 0 Å². The molecule has 5 nitrogen and oxygen atoms in total. The van der Waals surface area contributed by atoms with Crippen LogP contribution in [-0.2, 0) is 23.8 Å². The Labute approximate surface area is 93.4 Å². The van der Waals surface area contributed by atoms with Gasteiger partial charge in [0.05, 0.1) is 19.6 Å². The summed E-state index contributed by atoms with van der Waals surface area (Å²) in [5.74, 6) is -0.600. The Balaban J connectivity index is 1.92. The zero-order valence-corrected chi connectivity index (χ0v) is 9.05. The molecule has 2 heterocycles. The van der Waals surface area contributed by atoms with E-state index in [2.05, 4.69) is 4.74 Å². The van der Waals surface area contributed by atoms with Crippen molar-refractivity contribution in [3.8, 4) is 0 Å². The maximum absolute atomic E-state index is 11.1. The number of hydrogen-bond acceptors (Lipinski definition) is 5. The van der Waals surface area contributed by atoms with Crippen LogP contribution in [0, 0.1) is 0 Å². The van der Waals surface area contributed by atoms with Crippen LogP contribution in [0.1, 0.15) is 19.3 Å². The molecule has 16 heavy (non-hydrogen) atoms. The van der Waals surface area contributed by atoms with Gasteiger partial charge in [-0.2, -0.15) is 0 Å². The van der Waals surface area contributed by atoms with Crippen LogP contribution in [0.5, 0.6) is 0 Å². The number of ether oxygens (including phenoxy) is 3. The Kier molecular flexibility index (Phi) is 3.24. The second kappa shape index (κ2) is 4.65. The fraction of sp³-hybridized carbons (Fsp3) is 0.636. The molecular weight excluding hydrogens is 212 g/mol. The standard InChI is InChI=1S/C11H14O5/c1-14-11(13)6-7-2-3-9-8(15-7)4-5-10(12)16-9/h4-5,7-9H,2-3,6H2,1H3/t7-,8-,9+/m1/s1. The fourth-order valence-electron chi connectivity index (χ4n) is 1.97. The van der Waals surface area contributed by atoms with Crippen molar-refractivity contribution in [2.24, 2.45) is 0 Å². The van der Waals surface area contributed by atoms with Gasteiger partial charge >= 0.3 is 11.9 Å². The highest BCUT2D eigenvalue weighted by molar-refractivity contribution is 5.83. The number of rotatable bonds is 2. The summed E-state index contributed by atoms with van der Waals surface area (Å²) in [4.78, 5) is 22.1. The van der Waals surface area contributed by atoms with E-state index in [0.29, 0.717) is 6.42 Å². The highest BCUT2D eigenvalue weighted by Crippen LogP contribution is 2.27. The highest BCUT2D eigenvalue weighted by Gasteiger charge is 2.35. The van der Waals surface area contributed by atoms with Crippen molar-refractivity contribution < 1.29 is 23.8 Å². The third-order valence-electron chi connectivity index (χ3n) is 2.80. The molecule has 0 bridgehead atoms. The normalized spacial score (nSPS) is 32.8. The van der Waals surface area contributed by atoms with Crippen LogP contribution in [-0.4, -0.2) is 37.4 Å². The molecule has 0 aromatic carbocycles. The maximum atomic E-state index is 11.1. The number of methoxy groups -OCH3 is 1. The van der Waals surface area contributed by atoms with Gasteiger partial charge in [-0.25, -0.2) is 4.79 Å². The summed E-state index contributed by atoms with van der Waals surface area (Å²) >= 11 is 0. The monoisotopic (exact) mass is 226 g/mol. The lowest BCUT2D eigenvalue weighted by molar-refractivity contribution is -0.168. The number of carbonyl (C=O) groups excluding carboxylic acids is 2. The van der Waals surface area contributed by atoms with Gasteiger partial charge in [-0.3, -0.25) is 4.79 Å². The van der Waals surface area contributed by atoms with Crippen molar-refractivity contribution in [2.75, 3.05) is 7.11 Å². The van der Waals surface area contributed by atoms with Crippen LogP contribution in [0.25, 0.3) is 0 Å². The van der Waals surface area contributed by atoms with Crippen LogP contribution >= 0.6 is 0 Å². The van der Waals surface area contributed by atoms with Gasteiger partial charge in [-0.1, -0.05) is 0 Å². The lowest BCUT2D eigenvalue weighted by atomic mass is 9.97. The minimum Gasteiger partial charge on any atom is -0.469 e. The lowest BCUT2D eigenvalue weighted by Crippen LogP contribution is -2.43. The van der Waals surface area contributed by atoms with Gasteiger partial charge in [0, 0.05) is 6.08 Å². The van der Waals surface area contributed by atoms with Crippen LogP contribution in [0.3, 0.4) is 0 Å². The van der Waals surface area contributed by atoms with Crippen molar-refractivity contribution in [1.29, 1.82) is 0 Å². The van der Waals surface area contributed by atoms with Crippen LogP contribution in [0.4, 0.5) is 0 Å². The van der Waals surface area contributed by atoms with Crippen molar-refractivity contribution in [3.63, 3.8) is 0 Å². The van der Waals surface area contributed by atoms with Gasteiger partial charge in [0.15, 0.2) is 0 Å². The third-order valence-corrected chi connectivity index (χ3v) is 2.80. The molecule has 0 N–H and O–H groups in total. The summed E-state index contributed by atoms with van der Waals surface area (Å²) < 4.78 is 15.3. The topological polar surface area (TPSA) is 61.8 Å². The van der Waals surface area contributed by atoms with E-state index >= 15 is 0 Å². The van der Waals surface area contributed by atoms with E-state index in [4.69, 9.17) is 9.47 Å². The summed E-state index contributed by atoms with van der Waals surface area (Å²) in [6, 6.07) is 0. The van der Waals surface area contributed by atoms with Crippen molar-refractivity contribution in [2.45, 2.75) is 37.6 Å². The molecule has 5 heteroatoms. The molecule has 2 aliphatic heterocycles. The first-order valence-corrected chi connectivity index (χ1v) is 5.30. The molecule has 1 saturated heterocycles. The molecule has 3 atom stereocenters. The molecule has 0 amide bonds. The molecule has 0 radical (unpaired) electrons. The second-order valence-electron chi connectivity index (χ2n) is 3.91. The molecule has 0 unspecified atom stereocenters. The number of esters is 2. The molecule has 88 valence electrons. The Morgan fingerprint density at radius 2 is 2.38 bits per heavy atom. The molecular formula is C11H14O5. The SMILES string of the molecule is COC(=O)C[C@H]1CC[C@@H]2OC(=O)C=C[C@H]2O1. The fourth-order valence-corrected chi connectivity index (χ4v) is 1.97. The maximum Gasteiger partial charge on any atom is 0.330 e. The summed E-state index contributed by atoms with van der Waals surface area (Å²) in [5.41, 5.74) is 0. The Morgan fingerprint density at radius 1 is 1.56 bits per heavy atom. The van der Waals surface area contributed by atoms with Gasteiger partial charge in [0.1, 0.15) is 12.2 Å². The van der Waals surface area contributed by atoms with Crippen LogP contribution in [0.15, 0.2) is 12.2 Å². The Hall–Kier alpha value is -1.36. The second-order valence-corrected chi connectivity index (χ2v) is 3.91. The van der Waals surface area contributed by atoms with E-state index in [1.54, 1.807) is 6.08 Å². The summed E-state index contributed by atoms with van der Waals surface area (Å²) in [5, 5.41) is 0. The first kappa shape index (κ1) is 11.1. The lowest BCUT2D eigenvalue weighted by Gasteiger charge is -2.35. The summed E-state index contributed by atoms with van der Waals surface area (Å²) in [6.45, 7) is 0. The smallest absolute Gasteiger partial charge is 0.330 e. The van der Waals surface area contributed by atoms with Gasteiger partial charge in [-0.05, 0) is 18.9 Å². The van der Waals surface area contributed by atoms with Crippen molar-refractivity contribution in [1.82, 2.24) is 0 Å². The molecule has 2 aliphatic rings. The minimum atomic E-state index is -0.323. The predicted molar refractivity (Wildman–Crippen MR) is 53.5 cm³/mol. The predicted octanol–water partition coefficient (Wildman–Crippen LogP) is 0.579. The average molecular weight is 226 g/mol.